The molecule has 2 aromatic heterocycles. The molecule has 5 nitrogen and oxygen atoms in total. The highest BCUT2D eigenvalue weighted by atomic mass is 32.1. The molecule has 1 aliphatic carbocycles. The van der Waals surface area contributed by atoms with E-state index in [4.69, 9.17) is 12.2 Å². The summed E-state index contributed by atoms with van der Waals surface area (Å²) in [4.78, 5) is 12.1. The van der Waals surface area contributed by atoms with Crippen LogP contribution in [0, 0.1) is 10.7 Å². The lowest BCUT2D eigenvalue weighted by Crippen LogP contribution is -2.17. The summed E-state index contributed by atoms with van der Waals surface area (Å²) in [6, 6.07) is 0. The number of hydrogen-bond acceptors (Lipinski definition) is 4. The van der Waals surface area contributed by atoms with Crippen molar-refractivity contribution in [2.75, 3.05) is 11.9 Å². The van der Waals surface area contributed by atoms with Crippen LogP contribution in [0.25, 0.3) is 11.2 Å². The Hall–Kier alpha value is -1.43. The van der Waals surface area contributed by atoms with Gasteiger partial charge in [0.2, 0.25) is 4.77 Å². The van der Waals surface area contributed by atoms with Crippen molar-refractivity contribution >= 4 is 29.2 Å². The normalized spacial score (nSPS) is 16.6. The summed E-state index contributed by atoms with van der Waals surface area (Å²) >= 11 is 5.47. The number of imidazole rings is 1. The molecule has 1 fully saturated rings. The van der Waals surface area contributed by atoms with Gasteiger partial charge in [-0.1, -0.05) is 19.3 Å². The van der Waals surface area contributed by atoms with E-state index in [-0.39, 0.29) is 0 Å². The number of aromatic nitrogens is 4. The molecule has 1 aliphatic rings. The van der Waals surface area contributed by atoms with E-state index >= 15 is 0 Å². The Balaban J connectivity index is 1.98. The Morgan fingerprint density at radius 2 is 2.20 bits per heavy atom. The van der Waals surface area contributed by atoms with Crippen LogP contribution in [-0.2, 0) is 6.54 Å². The minimum atomic E-state index is 0.631. The summed E-state index contributed by atoms with van der Waals surface area (Å²) in [6.45, 7) is 3.82. The van der Waals surface area contributed by atoms with Crippen molar-refractivity contribution in [1.29, 1.82) is 0 Å². The standard InChI is InChI=1S/C14H21N5S/c1-2-15-12-11-13(17-9-16-11)19(14(20)18-12)8-10-6-4-3-5-7-10/h9-10H,2-8H2,1H3,(H,16,17)(H,15,18,20). The Kier molecular flexibility index (Phi) is 4.00. The first-order valence-corrected chi connectivity index (χ1v) is 7.88. The molecule has 0 aromatic carbocycles. The molecular formula is C14H21N5S. The zero-order valence-electron chi connectivity index (χ0n) is 11.9. The Bertz CT molecular complexity index is 639. The minimum absolute atomic E-state index is 0.631. The fraction of sp³-hybridized carbons (Fsp3) is 0.643. The Morgan fingerprint density at radius 1 is 1.40 bits per heavy atom. The van der Waals surface area contributed by atoms with Crippen LogP contribution < -0.4 is 5.32 Å². The molecule has 0 amide bonds. The van der Waals surface area contributed by atoms with E-state index in [1.807, 2.05) is 0 Å². The van der Waals surface area contributed by atoms with Gasteiger partial charge in [-0.25, -0.2) is 9.97 Å². The first-order chi connectivity index (χ1) is 9.79. The second kappa shape index (κ2) is 5.91. The summed E-state index contributed by atoms with van der Waals surface area (Å²) < 4.78 is 2.73. The Labute approximate surface area is 123 Å². The second-order valence-corrected chi connectivity index (χ2v) is 5.85. The Morgan fingerprint density at radius 3 is 2.95 bits per heavy atom. The molecule has 0 atom stereocenters. The molecule has 3 rings (SSSR count). The molecule has 108 valence electrons. The summed E-state index contributed by atoms with van der Waals surface area (Å²) in [6.07, 6.45) is 8.36. The number of fused-ring (bicyclic) bond motifs is 1. The summed E-state index contributed by atoms with van der Waals surface area (Å²) in [5.41, 5.74) is 1.88. The molecule has 0 spiro atoms. The lowest BCUT2D eigenvalue weighted by molar-refractivity contribution is 0.319. The van der Waals surface area contributed by atoms with Crippen molar-refractivity contribution in [2.45, 2.75) is 45.6 Å². The van der Waals surface area contributed by atoms with Gasteiger partial charge >= 0.3 is 0 Å². The third kappa shape index (κ3) is 2.57. The average molecular weight is 291 g/mol. The first kappa shape index (κ1) is 13.5. The van der Waals surface area contributed by atoms with Crippen LogP contribution in [-0.4, -0.2) is 26.1 Å². The zero-order chi connectivity index (χ0) is 13.9. The molecule has 0 saturated heterocycles. The molecular weight excluding hydrogens is 270 g/mol. The van der Waals surface area contributed by atoms with Gasteiger partial charge in [-0.2, -0.15) is 0 Å². The number of H-pyrrole nitrogens is 1. The average Bonchev–Trinajstić information content (AvgIpc) is 2.94. The van der Waals surface area contributed by atoms with Crippen LogP contribution >= 0.6 is 12.2 Å². The highest BCUT2D eigenvalue weighted by Crippen LogP contribution is 2.27. The van der Waals surface area contributed by atoms with E-state index in [0.29, 0.717) is 10.7 Å². The summed E-state index contributed by atoms with van der Waals surface area (Å²) in [5.74, 6) is 1.52. The highest BCUT2D eigenvalue weighted by molar-refractivity contribution is 7.71. The minimum Gasteiger partial charge on any atom is -0.368 e. The third-order valence-electron chi connectivity index (χ3n) is 4.06. The number of hydrogen-bond donors (Lipinski definition) is 2. The lowest BCUT2D eigenvalue weighted by Gasteiger charge is -2.23. The van der Waals surface area contributed by atoms with E-state index in [1.54, 1.807) is 6.33 Å². The van der Waals surface area contributed by atoms with Gasteiger partial charge in [0, 0.05) is 13.1 Å². The maximum absolute atomic E-state index is 5.47. The number of rotatable bonds is 4. The molecule has 0 radical (unpaired) electrons. The van der Waals surface area contributed by atoms with Crippen LogP contribution in [0.15, 0.2) is 6.33 Å². The SMILES string of the molecule is CCNc1nc(=S)n(CC2CCCCC2)c2nc[nH]c12. The maximum atomic E-state index is 5.47. The number of aromatic amines is 1. The summed E-state index contributed by atoms with van der Waals surface area (Å²) in [5, 5.41) is 3.25. The van der Waals surface area contributed by atoms with Crippen molar-refractivity contribution in [3.63, 3.8) is 0 Å². The van der Waals surface area contributed by atoms with Gasteiger partial charge in [0.15, 0.2) is 11.5 Å². The van der Waals surface area contributed by atoms with Gasteiger partial charge < -0.3 is 10.3 Å². The van der Waals surface area contributed by atoms with Crippen molar-refractivity contribution in [1.82, 2.24) is 19.5 Å². The van der Waals surface area contributed by atoms with E-state index < -0.39 is 0 Å². The number of nitrogens with zero attached hydrogens (tertiary/aromatic N) is 3. The molecule has 2 heterocycles. The van der Waals surface area contributed by atoms with E-state index in [9.17, 15) is 0 Å². The van der Waals surface area contributed by atoms with Crippen LogP contribution in [0.4, 0.5) is 5.82 Å². The van der Waals surface area contributed by atoms with E-state index in [0.717, 1.165) is 30.1 Å². The number of anilines is 1. The first-order valence-electron chi connectivity index (χ1n) is 7.47. The molecule has 1 saturated carbocycles. The largest absolute Gasteiger partial charge is 0.368 e. The molecule has 6 heteroatoms. The van der Waals surface area contributed by atoms with Gasteiger partial charge in [0.25, 0.3) is 0 Å². The fourth-order valence-corrected chi connectivity index (χ4v) is 3.31. The van der Waals surface area contributed by atoms with Gasteiger partial charge in [0.1, 0.15) is 5.52 Å². The predicted octanol–water partition coefficient (Wildman–Crippen LogP) is 3.50. The monoisotopic (exact) mass is 291 g/mol. The smallest absolute Gasteiger partial charge is 0.203 e. The van der Waals surface area contributed by atoms with Crippen LogP contribution in [0.2, 0.25) is 0 Å². The second-order valence-electron chi connectivity index (χ2n) is 5.49. The third-order valence-corrected chi connectivity index (χ3v) is 4.37. The van der Waals surface area contributed by atoms with Gasteiger partial charge in [0.05, 0.1) is 6.33 Å². The molecule has 2 N–H and O–H groups in total. The number of nitrogens with one attached hydrogen (secondary N) is 2. The fourth-order valence-electron chi connectivity index (χ4n) is 3.06. The molecule has 20 heavy (non-hydrogen) atoms. The van der Waals surface area contributed by atoms with E-state index in [1.165, 1.54) is 32.1 Å². The maximum Gasteiger partial charge on any atom is 0.203 e. The molecule has 0 unspecified atom stereocenters. The quantitative estimate of drug-likeness (QED) is 0.846. The van der Waals surface area contributed by atoms with E-state index in [2.05, 4.69) is 31.8 Å². The summed E-state index contributed by atoms with van der Waals surface area (Å²) in [7, 11) is 0. The van der Waals surface area contributed by atoms with Crippen LogP contribution in [0.5, 0.6) is 0 Å². The molecule has 0 aliphatic heterocycles. The van der Waals surface area contributed by atoms with Gasteiger partial charge in [-0.15, -0.1) is 0 Å². The van der Waals surface area contributed by atoms with Gasteiger partial charge in [-0.3, -0.25) is 4.57 Å². The van der Waals surface area contributed by atoms with Crippen LogP contribution in [0.1, 0.15) is 39.0 Å². The molecule has 2 aromatic rings. The van der Waals surface area contributed by atoms with Crippen molar-refractivity contribution in [2.24, 2.45) is 5.92 Å². The van der Waals surface area contributed by atoms with Gasteiger partial charge in [-0.05, 0) is 37.9 Å². The van der Waals surface area contributed by atoms with Crippen molar-refractivity contribution < 1.29 is 0 Å². The zero-order valence-corrected chi connectivity index (χ0v) is 12.7. The predicted molar refractivity (Wildman–Crippen MR) is 83.5 cm³/mol. The van der Waals surface area contributed by atoms with Crippen LogP contribution in [0.3, 0.4) is 0 Å². The van der Waals surface area contributed by atoms with Crippen molar-refractivity contribution in [3.8, 4) is 0 Å². The lowest BCUT2D eigenvalue weighted by atomic mass is 9.89. The van der Waals surface area contributed by atoms with Crippen molar-refractivity contribution in [3.05, 3.63) is 11.1 Å². The molecule has 0 bridgehead atoms. The topological polar surface area (TPSA) is 58.5 Å². The highest BCUT2D eigenvalue weighted by Gasteiger charge is 2.17.